The molecule has 3 heterocycles. The molecule has 0 bridgehead atoms. The minimum atomic E-state index is -1.26. The maximum Gasteiger partial charge on any atom is 0.187 e. The van der Waals surface area contributed by atoms with E-state index in [0.29, 0.717) is 17.0 Å². The predicted molar refractivity (Wildman–Crippen MR) is 78.0 cm³/mol. The van der Waals surface area contributed by atoms with Crippen molar-refractivity contribution in [1.82, 2.24) is 29.9 Å². The van der Waals surface area contributed by atoms with E-state index < -0.39 is 31.1 Å². The molecule has 0 aliphatic carbocycles. The van der Waals surface area contributed by atoms with Crippen LogP contribution in [0.15, 0.2) is 11.3 Å². The fourth-order valence-corrected chi connectivity index (χ4v) is 2.27. The Hall–Kier alpha value is -2.21. The van der Waals surface area contributed by atoms with Crippen LogP contribution in [-0.4, -0.2) is 90.5 Å². The molecule has 1 aliphatic heterocycles. The van der Waals surface area contributed by atoms with E-state index in [1.807, 2.05) is 14.1 Å². The molecule has 3 rings (SSSR count). The van der Waals surface area contributed by atoms with E-state index in [4.69, 9.17) is 9.84 Å². The molecular weight excluding hydrogens is 306 g/mol. The van der Waals surface area contributed by atoms with Gasteiger partial charge in [0.25, 0.3) is 0 Å². The molecule has 0 radical (unpaired) electrons. The summed E-state index contributed by atoms with van der Waals surface area (Å²) in [5.74, 6) is 0.321. The zero-order chi connectivity index (χ0) is 16.6. The van der Waals surface area contributed by atoms with Gasteiger partial charge in [-0.3, -0.25) is 0 Å². The van der Waals surface area contributed by atoms with Crippen molar-refractivity contribution in [3.63, 3.8) is 0 Å². The summed E-state index contributed by atoms with van der Waals surface area (Å²) in [5, 5.41) is 37.0. The maximum atomic E-state index is 10.1. The summed E-state index contributed by atoms with van der Waals surface area (Å²) in [5.41, 5.74) is 0.643. The summed E-state index contributed by atoms with van der Waals surface area (Å²) in [4.78, 5) is 14.0. The minimum Gasteiger partial charge on any atom is -0.394 e. The molecule has 1 saturated heterocycles. The minimum absolute atomic E-state index is 0.306. The van der Waals surface area contributed by atoms with Gasteiger partial charge in [-0.05, 0) is 0 Å². The van der Waals surface area contributed by atoms with Crippen molar-refractivity contribution in [2.45, 2.75) is 24.5 Å². The Kier molecular flexibility index (Phi) is 4.17. The molecule has 11 nitrogen and oxygen atoms in total. The Morgan fingerprint density at radius 3 is 2.78 bits per heavy atom. The number of aromatic nitrogens is 5. The van der Waals surface area contributed by atoms with E-state index >= 15 is 0 Å². The van der Waals surface area contributed by atoms with E-state index in [9.17, 15) is 10.2 Å². The van der Waals surface area contributed by atoms with Crippen LogP contribution in [0.3, 0.4) is 0 Å². The van der Waals surface area contributed by atoms with E-state index in [2.05, 4.69) is 25.3 Å². The second kappa shape index (κ2) is 6.12. The number of aliphatic imine (C=N–C) groups is 1. The highest BCUT2D eigenvalue weighted by molar-refractivity contribution is 5.82. The Morgan fingerprint density at radius 1 is 1.35 bits per heavy atom. The largest absolute Gasteiger partial charge is 0.394 e. The number of aliphatic hydroxyl groups excluding tert-OH is 3. The zero-order valence-corrected chi connectivity index (χ0v) is 12.6. The van der Waals surface area contributed by atoms with Crippen LogP contribution in [0.5, 0.6) is 0 Å². The van der Waals surface area contributed by atoms with Crippen LogP contribution in [-0.2, 0) is 4.74 Å². The molecule has 0 amide bonds. The van der Waals surface area contributed by atoms with Crippen molar-refractivity contribution in [2.24, 2.45) is 4.99 Å². The molecule has 124 valence electrons. The second-order valence-electron chi connectivity index (χ2n) is 5.34. The standard InChI is InChI=1S/C12H17N7O4/c1-18(2)5-15-10-7-11(14-4-13-10)19(17-16-7)12-9(22)8(21)6(3-20)23-12/h4-6,8-9,12,20-22H,3H2,1-2H3/t6-,8-,9-,12-/m1/s1. The molecule has 0 spiro atoms. The summed E-state index contributed by atoms with van der Waals surface area (Å²) in [6.07, 6.45) is -1.54. The highest BCUT2D eigenvalue weighted by Crippen LogP contribution is 2.31. The number of rotatable bonds is 4. The topological polar surface area (TPSA) is 142 Å². The number of fused-ring (bicyclic) bond motifs is 1. The molecule has 0 aromatic carbocycles. The highest BCUT2D eigenvalue weighted by Gasteiger charge is 2.44. The van der Waals surface area contributed by atoms with E-state index in [-0.39, 0.29) is 0 Å². The monoisotopic (exact) mass is 323 g/mol. The first kappa shape index (κ1) is 15.7. The van der Waals surface area contributed by atoms with Gasteiger partial charge in [0, 0.05) is 14.1 Å². The number of aliphatic hydroxyl groups is 3. The summed E-state index contributed by atoms with van der Waals surface area (Å²) in [6, 6.07) is 0. The van der Waals surface area contributed by atoms with Crippen molar-refractivity contribution in [3.05, 3.63) is 6.33 Å². The lowest BCUT2D eigenvalue weighted by Crippen LogP contribution is -2.33. The van der Waals surface area contributed by atoms with E-state index in [1.165, 1.54) is 11.0 Å². The number of ether oxygens (including phenoxy) is 1. The van der Waals surface area contributed by atoms with Gasteiger partial charge in [0.05, 0.1) is 12.9 Å². The Bertz CT molecular complexity index is 718. The van der Waals surface area contributed by atoms with E-state index in [0.717, 1.165) is 0 Å². The van der Waals surface area contributed by atoms with Crippen LogP contribution in [0.2, 0.25) is 0 Å². The lowest BCUT2D eigenvalue weighted by atomic mass is 10.1. The summed E-state index contributed by atoms with van der Waals surface area (Å²) >= 11 is 0. The zero-order valence-electron chi connectivity index (χ0n) is 12.6. The van der Waals surface area contributed by atoms with Gasteiger partial charge in [0.2, 0.25) is 0 Å². The van der Waals surface area contributed by atoms with Crippen LogP contribution < -0.4 is 0 Å². The molecule has 0 unspecified atom stereocenters. The van der Waals surface area contributed by atoms with Gasteiger partial charge in [-0.2, -0.15) is 4.68 Å². The summed E-state index contributed by atoms with van der Waals surface area (Å²) < 4.78 is 6.67. The molecule has 11 heteroatoms. The molecule has 23 heavy (non-hydrogen) atoms. The summed E-state index contributed by atoms with van der Waals surface area (Å²) in [7, 11) is 3.63. The first-order valence-corrected chi connectivity index (χ1v) is 6.92. The fraction of sp³-hybridized carbons (Fsp3) is 0.583. The van der Waals surface area contributed by atoms with Crippen molar-refractivity contribution in [3.8, 4) is 0 Å². The van der Waals surface area contributed by atoms with Gasteiger partial charge in [-0.15, -0.1) is 5.10 Å². The number of hydrogen-bond acceptors (Lipinski definition) is 9. The van der Waals surface area contributed by atoms with Gasteiger partial charge in [0.15, 0.2) is 23.2 Å². The number of nitrogens with zero attached hydrogens (tertiary/aromatic N) is 7. The van der Waals surface area contributed by atoms with Crippen LogP contribution in [0.25, 0.3) is 11.2 Å². The highest BCUT2D eigenvalue weighted by atomic mass is 16.6. The average Bonchev–Trinajstić information content (AvgIpc) is 3.08. The van der Waals surface area contributed by atoms with Gasteiger partial charge < -0.3 is 25.0 Å². The smallest absolute Gasteiger partial charge is 0.187 e. The van der Waals surface area contributed by atoms with Crippen LogP contribution in [0.1, 0.15) is 6.23 Å². The van der Waals surface area contributed by atoms with Crippen molar-refractivity contribution >= 4 is 23.3 Å². The molecule has 1 fully saturated rings. The van der Waals surface area contributed by atoms with Crippen LogP contribution >= 0.6 is 0 Å². The molecule has 1 aliphatic rings. The lowest BCUT2D eigenvalue weighted by molar-refractivity contribution is -0.0574. The Balaban J connectivity index is 1.99. The SMILES string of the molecule is CN(C)C=Nc1ncnc2c1nnn2[C@@H]1O[C@H](CO)[C@@H](O)[C@H]1O. The third-order valence-corrected chi connectivity index (χ3v) is 3.41. The molecule has 4 atom stereocenters. The fourth-order valence-electron chi connectivity index (χ4n) is 2.27. The Morgan fingerprint density at radius 2 is 2.13 bits per heavy atom. The normalized spacial score (nSPS) is 28.0. The third-order valence-electron chi connectivity index (χ3n) is 3.41. The van der Waals surface area contributed by atoms with Gasteiger partial charge in [-0.25, -0.2) is 15.0 Å². The van der Waals surface area contributed by atoms with Crippen LogP contribution in [0.4, 0.5) is 5.82 Å². The van der Waals surface area contributed by atoms with Crippen LogP contribution in [0, 0.1) is 0 Å². The van der Waals surface area contributed by atoms with Crippen molar-refractivity contribution in [1.29, 1.82) is 0 Å². The summed E-state index contributed by atoms with van der Waals surface area (Å²) in [6.45, 7) is -0.422. The molecule has 2 aromatic heterocycles. The average molecular weight is 323 g/mol. The number of hydrogen-bond donors (Lipinski definition) is 3. The molecule has 2 aromatic rings. The maximum absolute atomic E-state index is 10.1. The van der Waals surface area contributed by atoms with Gasteiger partial charge >= 0.3 is 0 Å². The van der Waals surface area contributed by atoms with E-state index in [1.54, 1.807) is 11.2 Å². The quantitative estimate of drug-likeness (QED) is 0.432. The molecule has 3 N–H and O–H groups in total. The second-order valence-corrected chi connectivity index (χ2v) is 5.34. The molecular formula is C12H17N7O4. The Labute approximate surface area is 130 Å². The van der Waals surface area contributed by atoms with Crippen molar-refractivity contribution in [2.75, 3.05) is 20.7 Å². The predicted octanol–water partition coefficient (Wildman–Crippen LogP) is -1.95. The first-order chi connectivity index (χ1) is 11.0. The van der Waals surface area contributed by atoms with Gasteiger partial charge in [0.1, 0.15) is 24.6 Å². The van der Waals surface area contributed by atoms with Gasteiger partial charge in [-0.1, -0.05) is 5.21 Å². The van der Waals surface area contributed by atoms with Crippen molar-refractivity contribution < 1.29 is 20.1 Å². The first-order valence-electron chi connectivity index (χ1n) is 6.92. The molecule has 0 saturated carbocycles. The lowest BCUT2D eigenvalue weighted by Gasteiger charge is -2.14. The third kappa shape index (κ3) is 2.74.